The predicted molar refractivity (Wildman–Crippen MR) is 171 cm³/mol. The minimum Gasteiger partial charge on any atom is -0.481 e. The Balaban J connectivity index is 1.42. The number of alkyl carbamates (subject to hydrolysis) is 1. The summed E-state index contributed by atoms with van der Waals surface area (Å²) in [6, 6.07) is 14.7. The fraction of sp³-hybridized carbons (Fsp3) is 0.543. The number of hydrogen-bond acceptors (Lipinski definition) is 6. The summed E-state index contributed by atoms with van der Waals surface area (Å²) in [4.78, 5) is 53.6. The Bertz CT molecular complexity index is 1340. The van der Waals surface area contributed by atoms with E-state index in [0.717, 1.165) is 47.9 Å². The van der Waals surface area contributed by atoms with Crippen LogP contribution in [-0.4, -0.2) is 78.4 Å². The fourth-order valence-corrected chi connectivity index (χ4v) is 6.83. The van der Waals surface area contributed by atoms with Gasteiger partial charge in [-0.3, -0.25) is 14.4 Å². The molecule has 4 rings (SSSR count). The largest absolute Gasteiger partial charge is 0.481 e. The lowest BCUT2D eigenvalue weighted by atomic mass is 9.89. The lowest BCUT2D eigenvalue weighted by Crippen LogP contribution is -2.62. The average molecular weight is 622 g/mol. The second kappa shape index (κ2) is 14.5. The van der Waals surface area contributed by atoms with Crippen LogP contribution in [0.1, 0.15) is 76.8 Å². The maximum absolute atomic E-state index is 13.9. The molecular formula is C35H47N3O7. The first kappa shape index (κ1) is 34.0. The summed E-state index contributed by atoms with van der Waals surface area (Å²) in [5.74, 6) is -2.18. The van der Waals surface area contributed by atoms with Crippen molar-refractivity contribution in [2.45, 2.75) is 89.4 Å². The van der Waals surface area contributed by atoms with Crippen LogP contribution in [0, 0.1) is 11.8 Å². The molecule has 0 aromatic heterocycles. The topological polar surface area (TPSA) is 134 Å². The van der Waals surface area contributed by atoms with Gasteiger partial charge in [0.05, 0.1) is 18.6 Å². The van der Waals surface area contributed by atoms with Crippen molar-refractivity contribution in [2.75, 3.05) is 20.8 Å². The minimum atomic E-state index is -1.39. The summed E-state index contributed by atoms with van der Waals surface area (Å²) in [6.45, 7) is 6.89. The van der Waals surface area contributed by atoms with E-state index in [-0.39, 0.29) is 36.7 Å². The van der Waals surface area contributed by atoms with Crippen LogP contribution < -0.4 is 10.6 Å². The summed E-state index contributed by atoms with van der Waals surface area (Å²) in [7, 11) is 3.12. The first-order valence-electron chi connectivity index (χ1n) is 15.8. The number of carboxylic acids is 1. The van der Waals surface area contributed by atoms with Gasteiger partial charge in [0, 0.05) is 20.1 Å². The van der Waals surface area contributed by atoms with Crippen LogP contribution in [0.15, 0.2) is 48.5 Å². The standard InChI is InChI=1S/C35H47N3O7/c1-21(2)30(32(41)38(5)31(22-13-7-8-14-22)28(44-6)19-29(39)40)36-33(42)35(3,4)37-34(43)45-20-27-25-17-11-9-15-23(25)24-16-10-12-18-26(24)27/h9-12,15-18,21-22,27-28,30-31H,7-8,13-14,19-20H2,1-6H3,(H,36,42)(H,37,43)(H,39,40)/t28-,30+,31+/m1/s1. The van der Waals surface area contributed by atoms with Crippen molar-refractivity contribution in [3.05, 3.63) is 59.7 Å². The second-order valence-corrected chi connectivity index (χ2v) is 13.1. The Morgan fingerprint density at radius 1 is 0.978 bits per heavy atom. The first-order chi connectivity index (χ1) is 21.4. The number of ether oxygens (including phenoxy) is 2. The lowest BCUT2D eigenvalue weighted by molar-refractivity contribution is -0.148. The molecule has 0 aliphatic heterocycles. The van der Waals surface area contributed by atoms with Crippen molar-refractivity contribution in [1.82, 2.24) is 15.5 Å². The van der Waals surface area contributed by atoms with Gasteiger partial charge >= 0.3 is 12.1 Å². The van der Waals surface area contributed by atoms with Crippen LogP contribution in [0.5, 0.6) is 0 Å². The van der Waals surface area contributed by atoms with E-state index in [4.69, 9.17) is 9.47 Å². The number of likely N-dealkylation sites (N-methyl/N-ethyl adjacent to an activating group) is 1. The zero-order valence-electron chi connectivity index (χ0n) is 27.2. The molecule has 0 spiro atoms. The van der Waals surface area contributed by atoms with Gasteiger partial charge in [0.25, 0.3) is 0 Å². The number of rotatable bonds is 13. The number of carbonyl (C=O) groups is 4. The van der Waals surface area contributed by atoms with E-state index in [1.807, 2.05) is 50.2 Å². The van der Waals surface area contributed by atoms with Crippen LogP contribution in [-0.2, 0) is 23.9 Å². The van der Waals surface area contributed by atoms with Crippen molar-refractivity contribution >= 4 is 23.9 Å². The summed E-state index contributed by atoms with van der Waals surface area (Å²) in [5, 5.41) is 15.0. The molecule has 2 aromatic rings. The molecule has 1 saturated carbocycles. The van der Waals surface area contributed by atoms with E-state index < -0.39 is 41.7 Å². The second-order valence-electron chi connectivity index (χ2n) is 13.1. The summed E-state index contributed by atoms with van der Waals surface area (Å²) in [5.41, 5.74) is 3.01. The molecule has 10 heteroatoms. The normalized spacial score (nSPS) is 16.8. The molecule has 2 aliphatic rings. The molecule has 0 radical (unpaired) electrons. The number of carboxylic acid groups (broad SMARTS) is 1. The molecule has 3 atom stereocenters. The summed E-state index contributed by atoms with van der Waals surface area (Å²) < 4.78 is 11.3. The number of benzene rings is 2. The molecule has 10 nitrogen and oxygen atoms in total. The van der Waals surface area contributed by atoms with Crippen molar-refractivity contribution < 1.29 is 33.8 Å². The number of methoxy groups -OCH3 is 1. The molecular weight excluding hydrogens is 574 g/mol. The van der Waals surface area contributed by atoms with Gasteiger partial charge in [0.15, 0.2) is 0 Å². The van der Waals surface area contributed by atoms with Crippen LogP contribution >= 0.6 is 0 Å². The quantitative estimate of drug-likeness (QED) is 0.288. The van der Waals surface area contributed by atoms with Crippen molar-refractivity contribution in [2.24, 2.45) is 11.8 Å². The highest BCUT2D eigenvalue weighted by molar-refractivity contribution is 5.93. The highest BCUT2D eigenvalue weighted by Gasteiger charge is 2.42. The van der Waals surface area contributed by atoms with Gasteiger partial charge in [-0.2, -0.15) is 0 Å². The van der Waals surface area contributed by atoms with Gasteiger partial charge in [0.1, 0.15) is 18.2 Å². The molecule has 244 valence electrons. The zero-order valence-corrected chi connectivity index (χ0v) is 27.2. The summed E-state index contributed by atoms with van der Waals surface area (Å²) in [6.07, 6.45) is 2.11. The van der Waals surface area contributed by atoms with Gasteiger partial charge in [-0.1, -0.05) is 75.2 Å². The van der Waals surface area contributed by atoms with E-state index in [0.29, 0.717) is 0 Å². The average Bonchev–Trinajstić information content (AvgIpc) is 3.64. The highest BCUT2D eigenvalue weighted by Crippen LogP contribution is 2.44. The van der Waals surface area contributed by atoms with Crippen molar-refractivity contribution in [1.29, 1.82) is 0 Å². The van der Waals surface area contributed by atoms with E-state index >= 15 is 0 Å². The molecule has 0 unspecified atom stereocenters. The highest BCUT2D eigenvalue weighted by atomic mass is 16.5. The van der Waals surface area contributed by atoms with Crippen LogP contribution in [0.25, 0.3) is 11.1 Å². The lowest BCUT2D eigenvalue weighted by Gasteiger charge is -2.40. The predicted octanol–water partition coefficient (Wildman–Crippen LogP) is 4.95. The third-order valence-corrected chi connectivity index (χ3v) is 9.28. The molecule has 0 bridgehead atoms. The third-order valence-electron chi connectivity index (χ3n) is 9.28. The maximum atomic E-state index is 13.9. The number of nitrogens with one attached hydrogen (secondary N) is 2. The van der Waals surface area contributed by atoms with Crippen LogP contribution in [0.2, 0.25) is 0 Å². The van der Waals surface area contributed by atoms with E-state index in [1.54, 1.807) is 25.8 Å². The molecule has 0 heterocycles. The number of hydrogen-bond donors (Lipinski definition) is 3. The SMILES string of the molecule is CO[C@H](CC(=O)O)[C@H](C1CCCC1)N(C)C(=O)[C@@H](NC(=O)C(C)(C)NC(=O)OCC1c2ccccc2-c2ccccc21)C(C)C. The molecule has 1 fully saturated rings. The molecule has 2 aromatic carbocycles. The number of carbonyl (C=O) groups excluding carboxylic acids is 3. The fourth-order valence-electron chi connectivity index (χ4n) is 6.83. The number of aliphatic carboxylic acids is 1. The van der Waals surface area contributed by atoms with Gasteiger partial charge in [-0.05, 0) is 60.8 Å². The van der Waals surface area contributed by atoms with E-state index in [1.165, 1.54) is 7.11 Å². The maximum Gasteiger partial charge on any atom is 0.408 e. The van der Waals surface area contributed by atoms with E-state index in [2.05, 4.69) is 22.8 Å². The zero-order chi connectivity index (χ0) is 32.9. The minimum absolute atomic E-state index is 0.0958. The van der Waals surface area contributed by atoms with E-state index in [9.17, 15) is 24.3 Å². The Kier molecular flexibility index (Phi) is 10.9. The third kappa shape index (κ3) is 7.66. The van der Waals surface area contributed by atoms with Crippen LogP contribution in [0.3, 0.4) is 0 Å². The number of nitrogens with zero attached hydrogens (tertiary/aromatic N) is 1. The first-order valence-corrected chi connectivity index (χ1v) is 15.8. The molecule has 0 saturated heterocycles. The van der Waals surface area contributed by atoms with Crippen LogP contribution in [0.4, 0.5) is 4.79 Å². The monoisotopic (exact) mass is 621 g/mol. The smallest absolute Gasteiger partial charge is 0.408 e. The molecule has 3 N–H and O–H groups in total. The Morgan fingerprint density at radius 2 is 1.53 bits per heavy atom. The summed E-state index contributed by atoms with van der Waals surface area (Å²) >= 11 is 0. The molecule has 3 amide bonds. The Morgan fingerprint density at radius 3 is 2.04 bits per heavy atom. The van der Waals surface area contributed by atoms with Gasteiger partial charge in [0.2, 0.25) is 11.8 Å². The van der Waals surface area contributed by atoms with Crippen molar-refractivity contribution in [3.8, 4) is 11.1 Å². The molecule has 45 heavy (non-hydrogen) atoms. The van der Waals surface area contributed by atoms with Gasteiger partial charge < -0.3 is 30.1 Å². The molecule has 2 aliphatic carbocycles. The van der Waals surface area contributed by atoms with Gasteiger partial charge in [-0.25, -0.2) is 4.79 Å². The Labute approximate surface area is 265 Å². The Hall–Kier alpha value is -3.92. The number of fused-ring (bicyclic) bond motifs is 3. The van der Waals surface area contributed by atoms with Crippen molar-refractivity contribution in [3.63, 3.8) is 0 Å². The number of amides is 3. The van der Waals surface area contributed by atoms with Gasteiger partial charge in [-0.15, -0.1) is 0 Å².